The van der Waals surface area contributed by atoms with Crippen molar-refractivity contribution < 1.29 is 23.9 Å². The lowest BCUT2D eigenvalue weighted by molar-refractivity contribution is -0.116. The fourth-order valence-electron chi connectivity index (χ4n) is 1.84. The van der Waals surface area contributed by atoms with E-state index in [0.29, 0.717) is 30.8 Å². The van der Waals surface area contributed by atoms with E-state index in [9.17, 15) is 14.4 Å². The summed E-state index contributed by atoms with van der Waals surface area (Å²) in [7, 11) is 0. The molecule has 2 amide bonds. The monoisotopic (exact) mass is 348 g/mol. The summed E-state index contributed by atoms with van der Waals surface area (Å²) in [5, 5.41) is 5.49. The van der Waals surface area contributed by atoms with Crippen LogP contribution in [0.25, 0.3) is 0 Å². The van der Waals surface area contributed by atoms with Crippen LogP contribution in [0.2, 0.25) is 0 Å². The van der Waals surface area contributed by atoms with E-state index in [1.54, 1.807) is 19.1 Å². The topological polar surface area (TPSA) is 93.7 Å². The number of nitrogens with one attached hydrogen (secondary N) is 2. The van der Waals surface area contributed by atoms with Crippen molar-refractivity contribution in [1.29, 1.82) is 0 Å². The Labute approximate surface area is 147 Å². The molecule has 0 radical (unpaired) electrons. The Morgan fingerprint density at radius 1 is 1.04 bits per heavy atom. The second kappa shape index (κ2) is 10.9. The van der Waals surface area contributed by atoms with E-state index in [-0.39, 0.29) is 18.4 Å². The summed E-state index contributed by atoms with van der Waals surface area (Å²) in [4.78, 5) is 34.6. The molecule has 0 unspecified atom stereocenters. The van der Waals surface area contributed by atoms with Crippen LogP contribution in [0.4, 0.5) is 4.79 Å². The Bertz CT molecular complexity index is 619. The summed E-state index contributed by atoms with van der Waals surface area (Å²) in [5.74, 6) is -0.0705. The van der Waals surface area contributed by atoms with Crippen molar-refractivity contribution >= 4 is 18.0 Å². The zero-order valence-electron chi connectivity index (χ0n) is 14.8. The van der Waals surface area contributed by atoms with Gasteiger partial charge < -0.3 is 20.1 Å². The second-order valence-electron chi connectivity index (χ2n) is 5.43. The van der Waals surface area contributed by atoms with Crippen LogP contribution in [0.15, 0.2) is 35.9 Å². The summed E-state index contributed by atoms with van der Waals surface area (Å²) in [6.07, 6.45) is 1.37. The molecule has 0 aliphatic carbocycles. The SMILES string of the molecule is CCOC(=O)Oc1ccc(C(=O)NCCCNC(=O)C=C(C)C)cc1. The van der Waals surface area contributed by atoms with Crippen LogP contribution in [0.5, 0.6) is 5.75 Å². The first-order chi connectivity index (χ1) is 11.9. The maximum atomic E-state index is 12.0. The minimum absolute atomic E-state index is 0.136. The van der Waals surface area contributed by atoms with E-state index in [0.717, 1.165) is 5.57 Å². The Balaban J connectivity index is 2.32. The van der Waals surface area contributed by atoms with Crippen LogP contribution in [0, 0.1) is 0 Å². The number of benzene rings is 1. The Kier molecular flexibility index (Phi) is 8.78. The minimum atomic E-state index is -0.783. The molecule has 7 heteroatoms. The van der Waals surface area contributed by atoms with E-state index < -0.39 is 6.16 Å². The maximum absolute atomic E-state index is 12.0. The van der Waals surface area contributed by atoms with Crippen LogP contribution in [0.1, 0.15) is 37.6 Å². The largest absolute Gasteiger partial charge is 0.513 e. The zero-order valence-corrected chi connectivity index (χ0v) is 14.8. The molecule has 0 fully saturated rings. The summed E-state index contributed by atoms with van der Waals surface area (Å²) in [5.41, 5.74) is 1.38. The Morgan fingerprint density at radius 3 is 2.28 bits per heavy atom. The number of carbonyl (C=O) groups is 3. The fourth-order valence-corrected chi connectivity index (χ4v) is 1.84. The van der Waals surface area contributed by atoms with Gasteiger partial charge in [0, 0.05) is 24.7 Å². The number of rotatable bonds is 8. The summed E-state index contributed by atoms with van der Waals surface area (Å²) in [6.45, 7) is 6.53. The highest BCUT2D eigenvalue weighted by atomic mass is 16.7. The third kappa shape index (κ3) is 8.55. The number of amides is 2. The quantitative estimate of drug-likeness (QED) is 0.326. The lowest BCUT2D eigenvalue weighted by Crippen LogP contribution is -2.29. The molecule has 0 atom stereocenters. The van der Waals surface area contributed by atoms with Gasteiger partial charge in [0.2, 0.25) is 5.91 Å². The first-order valence-corrected chi connectivity index (χ1v) is 8.08. The van der Waals surface area contributed by atoms with Crippen LogP contribution in [-0.4, -0.2) is 37.7 Å². The molecule has 1 aromatic carbocycles. The summed E-state index contributed by atoms with van der Waals surface area (Å²) < 4.78 is 9.58. The van der Waals surface area contributed by atoms with E-state index in [4.69, 9.17) is 4.74 Å². The van der Waals surface area contributed by atoms with Crippen LogP contribution in [0.3, 0.4) is 0 Å². The highest BCUT2D eigenvalue weighted by Crippen LogP contribution is 2.12. The van der Waals surface area contributed by atoms with Gasteiger partial charge in [-0.15, -0.1) is 0 Å². The maximum Gasteiger partial charge on any atom is 0.513 e. The van der Waals surface area contributed by atoms with Gasteiger partial charge >= 0.3 is 6.16 Å². The van der Waals surface area contributed by atoms with Gasteiger partial charge in [-0.2, -0.15) is 0 Å². The third-order valence-corrected chi connectivity index (χ3v) is 2.94. The standard InChI is InChI=1S/C18H24N2O5/c1-4-24-18(23)25-15-8-6-14(7-9-15)17(22)20-11-5-10-19-16(21)12-13(2)3/h6-9,12H,4-5,10-11H2,1-3H3,(H,19,21)(H,20,22). The molecule has 0 spiro atoms. The smallest absolute Gasteiger partial charge is 0.434 e. The Hall–Kier alpha value is -2.83. The normalized spacial score (nSPS) is 9.72. The number of hydrogen-bond acceptors (Lipinski definition) is 5. The molecule has 25 heavy (non-hydrogen) atoms. The van der Waals surface area contributed by atoms with Crippen molar-refractivity contribution in [2.24, 2.45) is 0 Å². The molecule has 0 aromatic heterocycles. The molecule has 136 valence electrons. The van der Waals surface area contributed by atoms with Crippen LogP contribution < -0.4 is 15.4 Å². The molecule has 0 bridgehead atoms. The molecule has 2 N–H and O–H groups in total. The lowest BCUT2D eigenvalue weighted by atomic mass is 10.2. The number of allylic oxidation sites excluding steroid dienone is 1. The molecular formula is C18H24N2O5. The van der Waals surface area contributed by atoms with E-state index in [1.807, 2.05) is 13.8 Å². The molecule has 7 nitrogen and oxygen atoms in total. The van der Waals surface area contributed by atoms with E-state index in [1.165, 1.54) is 18.2 Å². The van der Waals surface area contributed by atoms with Crippen LogP contribution >= 0.6 is 0 Å². The van der Waals surface area contributed by atoms with Crippen molar-refractivity contribution in [1.82, 2.24) is 10.6 Å². The van der Waals surface area contributed by atoms with E-state index in [2.05, 4.69) is 15.4 Å². The first kappa shape index (κ1) is 20.2. The average Bonchev–Trinajstić information content (AvgIpc) is 2.54. The van der Waals surface area contributed by atoms with E-state index >= 15 is 0 Å². The second-order valence-corrected chi connectivity index (χ2v) is 5.43. The van der Waals surface area contributed by atoms with Crippen LogP contribution in [-0.2, 0) is 9.53 Å². The van der Waals surface area contributed by atoms with Gasteiger partial charge in [0.1, 0.15) is 5.75 Å². The van der Waals surface area contributed by atoms with Gasteiger partial charge in [0.05, 0.1) is 6.61 Å². The molecule has 0 aliphatic rings. The molecule has 0 saturated carbocycles. The van der Waals surface area contributed by atoms with Gasteiger partial charge in [-0.1, -0.05) is 5.57 Å². The van der Waals surface area contributed by atoms with Crippen molar-refractivity contribution in [3.8, 4) is 5.75 Å². The van der Waals surface area contributed by atoms with Crippen molar-refractivity contribution in [2.75, 3.05) is 19.7 Å². The highest BCUT2D eigenvalue weighted by molar-refractivity contribution is 5.94. The van der Waals surface area contributed by atoms with Crippen molar-refractivity contribution in [3.63, 3.8) is 0 Å². The third-order valence-electron chi connectivity index (χ3n) is 2.94. The average molecular weight is 348 g/mol. The number of ether oxygens (including phenoxy) is 2. The molecule has 0 aliphatic heterocycles. The van der Waals surface area contributed by atoms with Gasteiger partial charge in [-0.25, -0.2) is 4.79 Å². The van der Waals surface area contributed by atoms with Gasteiger partial charge in [0.25, 0.3) is 5.91 Å². The summed E-state index contributed by atoms with van der Waals surface area (Å²) in [6, 6.07) is 6.15. The fraction of sp³-hybridized carbons (Fsp3) is 0.389. The van der Waals surface area contributed by atoms with Gasteiger partial charge in [-0.3, -0.25) is 9.59 Å². The zero-order chi connectivity index (χ0) is 18.7. The van der Waals surface area contributed by atoms with Gasteiger partial charge in [-0.05, 0) is 51.5 Å². The lowest BCUT2D eigenvalue weighted by Gasteiger charge is -2.07. The highest BCUT2D eigenvalue weighted by Gasteiger charge is 2.08. The Morgan fingerprint density at radius 2 is 1.68 bits per heavy atom. The first-order valence-electron chi connectivity index (χ1n) is 8.08. The molecule has 0 heterocycles. The minimum Gasteiger partial charge on any atom is -0.434 e. The van der Waals surface area contributed by atoms with Crippen molar-refractivity contribution in [3.05, 3.63) is 41.5 Å². The molecular weight excluding hydrogens is 324 g/mol. The summed E-state index contributed by atoms with van der Waals surface area (Å²) >= 11 is 0. The number of hydrogen-bond donors (Lipinski definition) is 2. The molecule has 1 rings (SSSR count). The van der Waals surface area contributed by atoms with Gasteiger partial charge in [0.15, 0.2) is 0 Å². The molecule has 1 aromatic rings. The molecule has 0 saturated heterocycles. The predicted molar refractivity (Wildman–Crippen MR) is 93.5 cm³/mol. The predicted octanol–water partition coefficient (Wildman–Crippen LogP) is 2.42. The number of carbonyl (C=O) groups excluding carboxylic acids is 3. The van der Waals surface area contributed by atoms with Crippen molar-refractivity contribution in [2.45, 2.75) is 27.2 Å².